The Labute approximate surface area is 157 Å². The van der Waals surface area contributed by atoms with Crippen LogP contribution in [0.1, 0.15) is 56.6 Å². The number of nitrogens with zero attached hydrogens (tertiary/aromatic N) is 2. The van der Waals surface area contributed by atoms with E-state index in [0.29, 0.717) is 36.4 Å². The van der Waals surface area contributed by atoms with E-state index < -0.39 is 18.2 Å². The molecule has 5 rings (SSSR count). The van der Waals surface area contributed by atoms with Crippen molar-refractivity contribution in [2.45, 2.75) is 63.8 Å². The van der Waals surface area contributed by atoms with Crippen LogP contribution in [-0.4, -0.2) is 46.4 Å². The van der Waals surface area contributed by atoms with Gasteiger partial charge < -0.3 is 18.6 Å². The van der Waals surface area contributed by atoms with Gasteiger partial charge in [0, 0.05) is 23.9 Å². The monoisotopic (exact) mass is 376 g/mol. The van der Waals surface area contributed by atoms with Gasteiger partial charge in [-0.1, -0.05) is 0 Å². The molecule has 2 saturated heterocycles. The van der Waals surface area contributed by atoms with E-state index in [1.54, 1.807) is 12.3 Å². The highest BCUT2D eigenvalue weighted by molar-refractivity contribution is 5.93. The summed E-state index contributed by atoms with van der Waals surface area (Å²) in [5, 5.41) is 0. The van der Waals surface area contributed by atoms with Crippen molar-refractivity contribution in [1.82, 2.24) is 9.38 Å². The number of hydrogen-bond acceptors (Lipinski definition) is 5. The molecule has 0 spiro atoms. The Hall–Kier alpha value is -2.15. The van der Waals surface area contributed by atoms with Gasteiger partial charge in [-0.15, -0.1) is 0 Å². The van der Waals surface area contributed by atoms with Crippen molar-refractivity contribution < 1.29 is 23.4 Å². The number of imidazole rings is 1. The molecule has 2 aromatic rings. The third-order valence-corrected chi connectivity index (χ3v) is 5.24. The molecule has 0 amide bonds. The van der Waals surface area contributed by atoms with E-state index in [4.69, 9.17) is 19.2 Å². The van der Waals surface area contributed by atoms with Crippen molar-refractivity contribution in [3.63, 3.8) is 0 Å². The topological polar surface area (TPSA) is 62.1 Å². The molecule has 27 heavy (non-hydrogen) atoms. The van der Waals surface area contributed by atoms with Crippen molar-refractivity contribution in [1.29, 1.82) is 0 Å². The predicted molar refractivity (Wildman–Crippen MR) is 97.1 cm³/mol. The molecule has 7 heteroatoms. The van der Waals surface area contributed by atoms with Gasteiger partial charge in [0.1, 0.15) is 23.6 Å². The van der Waals surface area contributed by atoms with Crippen LogP contribution in [0.4, 0.5) is 4.39 Å². The van der Waals surface area contributed by atoms with Gasteiger partial charge in [0.25, 0.3) is 0 Å². The Balaban J connectivity index is 1.72. The van der Waals surface area contributed by atoms with Gasteiger partial charge in [-0.25, -0.2) is 14.2 Å². The standard InChI is InChI=1S/C20H25FN2O4/c1-12(2)26-15-5-17-22-16(19-8-20(9-19,10-21)25-11-19)7-23(17)6-14(15)18(24)27-13(3)4/h5-7,12-13H,8-11H2,1-4H3. The minimum Gasteiger partial charge on any atom is -0.490 e. The van der Waals surface area contributed by atoms with Crippen molar-refractivity contribution in [3.05, 3.63) is 29.7 Å². The second kappa shape index (κ2) is 6.19. The molecule has 0 N–H and O–H groups in total. The molecule has 3 aliphatic rings. The van der Waals surface area contributed by atoms with E-state index in [-0.39, 0.29) is 17.6 Å². The Kier molecular flexibility index (Phi) is 4.18. The first-order chi connectivity index (χ1) is 12.8. The Bertz CT molecular complexity index is 883. The molecule has 146 valence electrons. The van der Waals surface area contributed by atoms with Gasteiger partial charge in [-0.05, 0) is 40.5 Å². The summed E-state index contributed by atoms with van der Waals surface area (Å²) in [4.78, 5) is 17.2. The number of ether oxygens (including phenoxy) is 3. The number of hydrogen-bond donors (Lipinski definition) is 0. The molecule has 1 aliphatic carbocycles. The van der Waals surface area contributed by atoms with Crippen molar-refractivity contribution >= 4 is 11.6 Å². The number of esters is 1. The minimum atomic E-state index is -0.617. The summed E-state index contributed by atoms with van der Waals surface area (Å²) in [6.45, 7) is 7.44. The van der Waals surface area contributed by atoms with Gasteiger partial charge in [0.2, 0.25) is 0 Å². The van der Waals surface area contributed by atoms with E-state index in [1.165, 1.54) is 0 Å². The molecular formula is C20H25FN2O4. The largest absolute Gasteiger partial charge is 0.490 e. The lowest BCUT2D eigenvalue weighted by Gasteiger charge is -2.41. The molecule has 0 radical (unpaired) electrons. The maximum Gasteiger partial charge on any atom is 0.343 e. The first-order valence-electron chi connectivity index (χ1n) is 9.37. The number of fused-ring (bicyclic) bond motifs is 2. The summed E-state index contributed by atoms with van der Waals surface area (Å²) in [7, 11) is 0. The summed E-state index contributed by atoms with van der Waals surface area (Å²) in [5.74, 6) is 0.0208. The number of carbonyl (C=O) groups excluding carboxylic acids is 1. The molecule has 0 atom stereocenters. The van der Waals surface area contributed by atoms with Crippen LogP contribution in [0.15, 0.2) is 18.5 Å². The fourth-order valence-corrected chi connectivity index (χ4v) is 4.12. The lowest BCUT2D eigenvalue weighted by Crippen LogP contribution is -2.48. The van der Waals surface area contributed by atoms with Crippen LogP contribution in [0.25, 0.3) is 5.65 Å². The molecule has 6 nitrogen and oxygen atoms in total. The molecule has 2 aromatic heterocycles. The maximum absolute atomic E-state index is 13.2. The van der Waals surface area contributed by atoms with E-state index in [1.807, 2.05) is 38.3 Å². The zero-order chi connectivity index (χ0) is 19.4. The average Bonchev–Trinajstić information content (AvgIpc) is 3.23. The molecule has 4 heterocycles. The number of alkyl halides is 1. The number of rotatable bonds is 6. The van der Waals surface area contributed by atoms with Gasteiger partial charge in [0.05, 0.1) is 30.1 Å². The summed E-state index contributed by atoms with van der Waals surface area (Å²) < 4.78 is 31.9. The van der Waals surface area contributed by atoms with Crippen molar-refractivity contribution in [3.8, 4) is 5.75 Å². The second-order valence-corrected chi connectivity index (χ2v) is 8.30. The smallest absolute Gasteiger partial charge is 0.343 e. The lowest BCUT2D eigenvalue weighted by atomic mass is 9.61. The lowest BCUT2D eigenvalue weighted by molar-refractivity contribution is -0.0235. The molecule has 1 saturated carbocycles. The van der Waals surface area contributed by atoms with Crippen molar-refractivity contribution in [2.75, 3.05) is 13.3 Å². The highest BCUT2D eigenvalue weighted by Crippen LogP contribution is 2.58. The number of halogens is 1. The van der Waals surface area contributed by atoms with E-state index >= 15 is 0 Å². The van der Waals surface area contributed by atoms with Crippen LogP contribution in [0.3, 0.4) is 0 Å². The summed E-state index contributed by atoms with van der Waals surface area (Å²) in [6, 6.07) is 1.76. The minimum absolute atomic E-state index is 0.0916. The van der Waals surface area contributed by atoms with Crippen LogP contribution >= 0.6 is 0 Å². The highest BCUT2D eigenvalue weighted by Gasteiger charge is 2.64. The molecule has 2 bridgehead atoms. The van der Waals surface area contributed by atoms with Gasteiger partial charge in [0.15, 0.2) is 0 Å². The maximum atomic E-state index is 13.2. The zero-order valence-electron chi connectivity index (χ0n) is 16.1. The molecular weight excluding hydrogens is 351 g/mol. The van der Waals surface area contributed by atoms with Crippen LogP contribution in [0, 0.1) is 0 Å². The van der Waals surface area contributed by atoms with Crippen LogP contribution in [0.5, 0.6) is 5.75 Å². The van der Waals surface area contributed by atoms with E-state index in [2.05, 4.69) is 0 Å². The van der Waals surface area contributed by atoms with E-state index in [9.17, 15) is 9.18 Å². The first kappa shape index (κ1) is 18.2. The molecule has 3 fully saturated rings. The average molecular weight is 376 g/mol. The SMILES string of the molecule is CC(C)OC(=O)c1cn2cc(C34COC(CF)(C3)C4)nc2cc1OC(C)C. The number of aromatic nitrogens is 2. The molecule has 2 aliphatic heterocycles. The van der Waals surface area contributed by atoms with Gasteiger partial charge in [-0.3, -0.25) is 0 Å². The fourth-order valence-electron chi connectivity index (χ4n) is 4.12. The third-order valence-electron chi connectivity index (χ3n) is 5.24. The fraction of sp³-hybridized carbons (Fsp3) is 0.600. The van der Waals surface area contributed by atoms with Crippen LogP contribution in [-0.2, 0) is 14.9 Å². The predicted octanol–water partition coefficient (Wildman–Crippen LogP) is 3.46. The molecule has 0 unspecified atom stereocenters. The van der Waals surface area contributed by atoms with Crippen LogP contribution in [0.2, 0.25) is 0 Å². The number of carbonyl (C=O) groups is 1. The zero-order valence-corrected chi connectivity index (χ0v) is 16.1. The first-order valence-corrected chi connectivity index (χ1v) is 9.37. The second-order valence-electron chi connectivity index (χ2n) is 8.30. The third kappa shape index (κ3) is 2.98. The highest BCUT2D eigenvalue weighted by atomic mass is 19.1. The van der Waals surface area contributed by atoms with Gasteiger partial charge >= 0.3 is 5.97 Å². The Morgan fingerprint density at radius 2 is 2.04 bits per heavy atom. The summed E-state index contributed by atoms with van der Waals surface area (Å²) in [6.07, 6.45) is 4.58. The quantitative estimate of drug-likeness (QED) is 0.723. The number of pyridine rings is 1. The van der Waals surface area contributed by atoms with E-state index in [0.717, 1.165) is 5.69 Å². The normalized spacial score (nSPS) is 26.6. The van der Waals surface area contributed by atoms with Gasteiger partial charge in [-0.2, -0.15) is 0 Å². The Morgan fingerprint density at radius 3 is 2.63 bits per heavy atom. The molecule has 0 aromatic carbocycles. The Morgan fingerprint density at radius 1 is 1.30 bits per heavy atom. The summed E-state index contributed by atoms with van der Waals surface area (Å²) in [5.41, 5.74) is 1.07. The summed E-state index contributed by atoms with van der Waals surface area (Å²) >= 11 is 0. The van der Waals surface area contributed by atoms with Crippen LogP contribution < -0.4 is 4.74 Å². The van der Waals surface area contributed by atoms with Crippen molar-refractivity contribution in [2.24, 2.45) is 0 Å².